The van der Waals surface area contributed by atoms with Crippen molar-refractivity contribution in [2.24, 2.45) is 0 Å². The van der Waals surface area contributed by atoms with Gasteiger partial charge in [-0.05, 0) is 24.5 Å². The molecule has 0 radical (unpaired) electrons. The number of rotatable bonds is 3. The molecule has 0 heterocycles. The van der Waals surface area contributed by atoms with Gasteiger partial charge in [0, 0.05) is 6.61 Å². The summed E-state index contributed by atoms with van der Waals surface area (Å²) in [5.74, 6) is -1.16. The summed E-state index contributed by atoms with van der Waals surface area (Å²) in [6.07, 6.45) is 0.980. The largest absolute Gasteiger partial charge is 0.504 e. The van der Waals surface area contributed by atoms with Gasteiger partial charge in [0.15, 0.2) is 11.5 Å². The summed E-state index contributed by atoms with van der Waals surface area (Å²) < 4.78 is 0. The quantitative estimate of drug-likeness (QED) is 0.522. The lowest BCUT2D eigenvalue weighted by Gasteiger charge is -2.06. The Hall–Kier alpha value is -1.42. The summed E-state index contributed by atoms with van der Waals surface area (Å²) in [7, 11) is 0. The topological polar surface area (TPSA) is 80.9 Å². The second-order valence-electron chi connectivity index (χ2n) is 2.77. The number of aryl methyl sites for hydroxylation is 1. The number of benzene rings is 1. The van der Waals surface area contributed by atoms with Crippen molar-refractivity contribution < 1.29 is 20.4 Å². The van der Waals surface area contributed by atoms with Gasteiger partial charge in [-0.25, -0.2) is 0 Å². The second kappa shape index (κ2) is 4.00. The SMILES string of the molecule is OCCCc1ccc(O)c(O)c1O. The van der Waals surface area contributed by atoms with Crippen LogP contribution in [-0.4, -0.2) is 27.0 Å². The highest BCUT2D eigenvalue weighted by Crippen LogP contribution is 2.37. The zero-order valence-electron chi connectivity index (χ0n) is 7.06. The Morgan fingerprint density at radius 3 is 2.31 bits per heavy atom. The fraction of sp³-hybridized carbons (Fsp3) is 0.333. The molecule has 0 amide bonds. The lowest BCUT2D eigenvalue weighted by molar-refractivity contribution is 0.287. The third-order valence-electron chi connectivity index (χ3n) is 1.82. The minimum absolute atomic E-state index is 0.0288. The number of phenolic OH excluding ortho intramolecular Hbond substituents is 3. The molecule has 13 heavy (non-hydrogen) atoms. The van der Waals surface area contributed by atoms with Gasteiger partial charge >= 0.3 is 0 Å². The van der Waals surface area contributed by atoms with Crippen LogP contribution in [0.25, 0.3) is 0 Å². The minimum atomic E-state index is -0.504. The lowest BCUT2D eigenvalue weighted by atomic mass is 10.1. The van der Waals surface area contributed by atoms with Crippen molar-refractivity contribution in [2.75, 3.05) is 6.61 Å². The molecule has 0 bridgehead atoms. The van der Waals surface area contributed by atoms with Gasteiger partial charge in [-0.1, -0.05) is 6.07 Å². The molecule has 1 rings (SSSR count). The third-order valence-corrected chi connectivity index (χ3v) is 1.82. The van der Waals surface area contributed by atoms with E-state index in [2.05, 4.69) is 0 Å². The molecule has 0 unspecified atom stereocenters. The molecular formula is C9H12O4. The van der Waals surface area contributed by atoms with E-state index in [1.165, 1.54) is 12.1 Å². The van der Waals surface area contributed by atoms with Crippen LogP contribution in [0.1, 0.15) is 12.0 Å². The van der Waals surface area contributed by atoms with Crippen molar-refractivity contribution in [3.8, 4) is 17.2 Å². The van der Waals surface area contributed by atoms with Crippen molar-refractivity contribution in [3.05, 3.63) is 17.7 Å². The van der Waals surface area contributed by atoms with Gasteiger partial charge in [0.25, 0.3) is 0 Å². The normalized spacial score (nSPS) is 10.2. The number of phenols is 3. The van der Waals surface area contributed by atoms with E-state index in [9.17, 15) is 5.11 Å². The van der Waals surface area contributed by atoms with E-state index in [4.69, 9.17) is 15.3 Å². The summed E-state index contributed by atoms with van der Waals surface area (Å²) in [6.45, 7) is 0.0288. The molecule has 4 nitrogen and oxygen atoms in total. The highest BCUT2D eigenvalue weighted by atomic mass is 16.3. The molecule has 0 fully saturated rings. The van der Waals surface area contributed by atoms with Crippen LogP contribution in [0.4, 0.5) is 0 Å². The van der Waals surface area contributed by atoms with Crippen molar-refractivity contribution in [1.29, 1.82) is 0 Å². The van der Waals surface area contributed by atoms with E-state index >= 15 is 0 Å². The maximum Gasteiger partial charge on any atom is 0.200 e. The Morgan fingerprint density at radius 1 is 1.00 bits per heavy atom. The van der Waals surface area contributed by atoms with Gasteiger partial charge < -0.3 is 20.4 Å². The van der Waals surface area contributed by atoms with Crippen LogP contribution in [0.5, 0.6) is 17.2 Å². The van der Waals surface area contributed by atoms with E-state index < -0.39 is 5.75 Å². The fourth-order valence-electron chi connectivity index (χ4n) is 1.08. The first-order chi connectivity index (χ1) is 6.16. The molecule has 0 saturated carbocycles. The number of aliphatic hydroxyl groups excluding tert-OH is 1. The summed E-state index contributed by atoms with van der Waals surface area (Å²) in [6, 6.07) is 2.82. The van der Waals surface area contributed by atoms with Crippen molar-refractivity contribution in [3.63, 3.8) is 0 Å². The molecule has 0 atom stereocenters. The standard InChI is InChI=1S/C9H12O4/c10-5-1-2-6-3-4-7(11)9(13)8(6)12/h3-4,10-13H,1-2,5H2. The maximum absolute atomic E-state index is 9.31. The zero-order valence-corrected chi connectivity index (χ0v) is 7.06. The van der Waals surface area contributed by atoms with Gasteiger partial charge in [0.05, 0.1) is 0 Å². The number of aromatic hydroxyl groups is 3. The fourth-order valence-corrected chi connectivity index (χ4v) is 1.08. The average molecular weight is 184 g/mol. The molecule has 0 aliphatic heterocycles. The Balaban J connectivity index is 2.90. The molecule has 0 spiro atoms. The second-order valence-corrected chi connectivity index (χ2v) is 2.77. The van der Waals surface area contributed by atoms with Crippen LogP contribution >= 0.6 is 0 Å². The Kier molecular flexibility index (Phi) is 2.97. The molecule has 0 saturated heterocycles. The predicted octanol–water partition coefficient (Wildman–Crippen LogP) is 0.728. The van der Waals surface area contributed by atoms with E-state index in [0.29, 0.717) is 18.4 Å². The van der Waals surface area contributed by atoms with Crippen LogP contribution in [0, 0.1) is 0 Å². The number of aliphatic hydroxyl groups is 1. The first-order valence-corrected chi connectivity index (χ1v) is 4.00. The Labute approximate surface area is 75.7 Å². The molecule has 4 heteroatoms. The van der Waals surface area contributed by atoms with E-state index in [-0.39, 0.29) is 18.1 Å². The van der Waals surface area contributed by atoms with E-state index in [0.717, 1.165) is 0 Å². The number of hydrogen-bond donors (Lipinski definition) is 4. The van der Waals surface area contributed by atoms with Crippen LogP contribution < -0.4 is 0 Å². The van der Waals surface area contributed by atoms with Gasteiger partial charge in [0.2, 0.25) is 5.75 Å². The van der Waals surface area contributed by atoms with Gasteiger partial charge in [-0.2, -0.15) is 0 Å². The molecule has 1 aromatic carbocycles. The highest BCUT2D eigenvalue weighted by molar-refractivity contribution is 5.53. The maximum atomic E-state index is 9.31. The van der Waals surface area contributed by atoms with Crippen LogP contribution in [0.15, 0.2) is 12.1 Å². The molecule has 72 valence electrons. The minimum Gasteiger partial charge on any atom is -0.504 e. The van der Waals surface area contributed by atoms with Crippen LogP contribution in [-0.2, 0) is 6.42 Å². The molecule has 4 N–H and O–H groups in total. The highest BCUT2D eigenvalue weighted by Gasteiger charge is 2.09. The first kappa shape index (κ1) is 9.67. The van der Waals surface area contributed by atoms with Gasteiger partial charge in [-0.3, -0.25) is 0 Å². The van der Waals surface area contributed by atoms with Crippen molar-refractivity contribution in [2.45, 2.75) is 12.8 Å². The monoisotopic (exact) mass is 184 g/mol. The van der Waals surface area contributed by atoms with E-state index in [1.54, 1.807) is 0 Å². The molecule has 0 aliphatic carbocycles. The molecule has 1 aromatic rings. The van der Waals surface area contributed by atoms with Crippen molar-refractivity contribution in [1.82, 2.24) is 0 Å². The van der Waals surface area contributed by atoms with Crippen LogP contribution in [0.2, 0.25) is 0 Å². The van der Waals surface area contributed by atoms with Crippen LogP contribution in [0.3, 0.4) is 0 Å². The predicted molar refractivity (Wildman–Crippen MR) is 46.8 cm³/mol. The van der Waals surface area contributed by atoms with Gasteiger partial charge in [0.1, 0.15) is 0 Å². The third kappa shape index (κ3) is 2.03. The summed E-state index contributed by atoms with van der Waals surface area (Å²) in [5.41, 5.74) is 0.518. The zero-order chi connectivity index (χ0) is 9.84. The first-order valence-electron chi connectivity index (χ1n) is 4.00. The Bertz CT molecular complexity index is 296. The molecule has 0 aromatic heterocycles. The summed E-state index contributed by atoms with van der Waals surface area (Å²) >= 11 is 0. The molecule has 0 aliphatic rings. The lowest BCUT2D eigenvalue weighted by Crippen LogP contribution is -1.90. The number of hydrogen-bond acceptors (Lipinski definition) is 4. The van der Waals surface area contributed by atoms with Crippen molar-refractivity contribution >= 4 is 0 Å². The summed E-state index contributed by atoms with van der Waals surface area (Å²) in [5, 5.41) is 36.0. The Morgan fingerprint density at radius 2 is 1.69 bits per heavy atom. The van der Waals surface area contributed by atoms with Gasteiger partial charge in [-0.15, -0.1) is 0 Å². The smallest absolute Gasteiger partial charge is 0.200 e. The molecular weight excluding hydrogens is 172 g/mol. The van der Waals surface area contributed by atoms with E-state index in [1.807, 2.05) is 0 Å². The average Bonchev–Trinajstić information content (AvgIpc) is 2.13. The summed E-state index contributed by atoms with van der Waals surface area (Å²) in [4.78, 5) is 0.